The second-order valence-corrected chi connectivity index (χ2v) is 5.97. The summed E-state index contributed by atoms with van der Waals surface area (Å²) >= 11 is 0. The molecule has 0 aliphatic rings. The lowest BCUT2D eigenvalue weighted by Gasteiger charge is -2.13. The van der Waals surface area contributed by atoms with Crippen molar-refractivity contribution in [2.45, 2.75) is 39.4 Å². The zero-order chi connectivity index (χ0) is 20.2. The standard InChI is InChI=1S/C19H18F3N3O2/c1-3-4-8-25-17(26)15(10-23)12(2)16(18(25)27)11-24-14-7-5-6-13(9-14)19(20,21)22/h5-7,9,11,27H,3-4,8H2,1-2H3. The van der Waals surface area contributed by atoms with E-state index in [-0.39, 0.29) is 34.8 Å². The molecule has 1 heterocycles. The van der Waals surface area contributed by atoms with Gasteiger partial charge in [0.05, 0.1) is 16.8 Å². The molecular weight excluding hydrogens is 359 g/mol. The number of nitriles is 1. The van der Waals surface area contributed by atoms with Crippen molar-refractivity contribution in [3.8, 4) is 11.9 Å². The lowest BCUT2D eigenvalue weighted by atomic mass is 10.1. The van der Waals surface area contributed by atoms with Crippen LogP contribution in [0.3, 0.4) is 0 Å². The third kappa shape index (κ3) is 4.37. The second-order valence-electron chi connectivity index (χ2n) is 5.97. The smallest absolute Gasteiger partial charge is 0.416 e. The molecule has 0 radical (unpaired) electrons. The lowest BCUT2D eigenvalue weighted by molar-refractivity contribution is -0.137. The van der Waals surface area contributed by atoms with Crippen LogP contribution in [0.4, 0.5) is 18.9 Å². The first-order chi connectivity index (χ1) is 12.7. The molecule has 1 N–H and O–H groups in total. The van der Waals surface area contributed by atoms with Gasteiger partial charge in [-0.1, -0.05) is 19.4 Å². The Labute approximate surface area is 154 Å². The van der Waals surface area contributed by atoms with Crippen molar-refractivity contribution in [1.82, 2.24) is 4.57 Å². The molecule has 0 saturated heterocycles. The van der Waals surface area contributed by atoms with Gasteiger partial charge in [0.25, 0.3) is 5.56 Å². The number of nitrogens with zero attached hydrogens (tertiary/aromatic N) is 3. The summed E-state index contributed by atoms with van der Waals surface area (Å²) in [5.74, 6) is -0.360. The van der Waals surface area contributed by atoms with Gasteiger partial charge in [0.2, 0.25) is 5.88 Å². The number of aliphatic imine (C=N–C) groups is 1. The highest BCUT2D eigenvalue weighted by molar-refractivity contribution is 5.87. The number of rotatable bonds is 5. The van der Waals surface area contributed by atoms with Gasteiger partial charge in [-0.15, -0.1) is 0 Å². The molecule has 5 nitrogen and oxygen atoms in total. The van der Waals surface area contributed by atoms with E-state index >= 15 is 0 Å². The predicted octanol–water partition coefficient (Wildman–Crippen LogP) is 4.30. The van der Waals surface area contributed by atoms with Gasteiger partial charge in [-0.2, -0.15) is 18.4 Å². The van der Waals surface area contributed by atoms with Crippen LogP contribution in [0.5, 0.6) is 5.88 Å². The molecule has 2 aromatic rings. The Balaban J connectivity index is 2.54. The zero-order valence-corrected chi connectivity index (χ0v) is 14.8. The van der Waals surface area contributed by atoms with Crippen LogP contribution in [0.25, 0.3) is 0 Å². The molecular formula is C19H18F3N3O2. The Morgan fingerprint density at radius 2 is 2.07 bits per heavy atom. The molecule has 0 bridgehead atoms. The summed E-state index contributed by atoms with van der Waals surface area (Å²) in [5, 5.41) is 19.7. The Kier molecular flexibility index (Phi) is 6.05. The van der Waals surface area contributed by atoms with Gasteiger partial charge < -0.3 is 5.11 Å². The van der Waals surface area contributed by atoms with Crippen molar-refractivity contribution in [2.24, 2.45) is 4.99 Å². The Morgan fingerprint density at radius 3 is 2.67 bits per heavy atom. The molecule has 1 aromatic heterocycles. The largest absolute Gasteiger partial charge is 0.494 e. The van der Waals surface area contributed by atoms with E-state index in [4.69, 9.17) is 0 Å². The van der Waals surface area contributed by atoms with E-state index in [1.807, 2.05) is 13.0 Å². The third-order valence-electron chi connectivity index (χ3n) is 4.10. The summed E-state index contributed by atoms with van der Waals surface area (Å²) in [4.78, 5) is 16.3. The summed E-state index contributed by atoms with van der Waals surface area (Å²) in [6.45, 7) is 3.62. The molecule has 0 saturated carbocycles. The Bertz CT molecular complexity index is 970. The molecule has 0 fully saturated rings. The molecule has 2 rings (SSSR count). The number of aromatic nitrogens is 1. The van der Waals surface area contributed by atoms with Gasteiger partial charge in [-0.05, 0) is 37.1 Å². The third-order valence-corrected chi connectivity index (χ3v) is 4.10. The normalized spacial score (nSPS) is 11.7. The van der Waals surface area contributed by atoms with Crippen LogP contribution in [-0.2, 0) is 12.7 Å². The highest BCUT2D eigenvalue weighted by Gasteiger charge is 2.30. The average Bonchev–Trinajstić information content (AvgIpc) is 2.61. The lowest BCUT2D eigenvalue weighted by Crippen LogP contribution is -2.25. The van der Waals surface area contributed by atoms with Crippen molar-refractivity contribution in [3.63, 3.8) is 0 Å². The van der Waals surface area contributed by atoms with E-state index in [0.717, 1.165) is 23.1 Å². The van der Waals surface area contributed by atoms with Crippen LogP contribution in [-0.4, -0.2) is 15.9 Å². The Hall–Kier alpha value is -3.08. The van der Waals surface area contributed by atoms with Crippen LogP contribution in [0.1, 0.15) is 42.0 Å². The van der Waals surface area contributed by atoms with Crippen LogP contribution < -0.4 is 5.56 Å². The number of aromatic hydroxyl groups is 1. The fourth-order valence-corrected chi connectivity index (χ4v) is 2.55. The van der Waals surface area contributed by atoms with Crippen molar-refractivity contribution in [3.05, 3.63) is 56.9 Å². The summed E-state index contributed by atoms with van der Waals surface area (Å²) in [5.41, 5.74) is -1.19. The maximum Gasteiger partial charge on any atom is 0.416 e. The predicted molar refractivity (Wildman–Crippen MR) is 95.4 cm³/mol. The SMILES string of the molecule is CCCCn1c(O)c(C=Nc2cccc(C(F)(F)F)c2)c(C)c(C#N)c1=O. The molecule has 0 spiro atoms. The monoisotopic (exact) mass is 377 g/mol. The fraction of sp³-hybridized carbons (Fsp3) is 0.316. The highest BCUT2D eigenvalue weighted by Crippen LogP contribution is 2.31. The second kappa shape index (κ2) is 8.08. The van der Waals surface area contributed by atoms with Gasteiger partial charge >= 0.3 is 6.18 Å². The summed E-state index contributed by atoms with van der Waals surface area (Å²) in [7, 11) is 0. The van der Waals surface area contributed by atoms with Gasteiger partial charge in [-0.3, -0.25) is 14.4 Å². The summed E-state index contributed by atoms with van der Waals surface area (Å²) in [6, 6.07) is 6.24. The maximum absolute atomic E-state index is 12.8. The first kappa shape index (κ1) is 20.2. The van der Waals surface area contributed by atoms with Crippen LogP contribution >= 0.6 is 0 Å². The number of pyridine rings is 1. The summed E-state index contributed by atoms with van der Waals surface area (Å²) < 4.78 is 39.5. The van der Waals surface area contributed by atoms with Crippen LogP contribution in [0, 0.1) is 18.3 Å². The fourth-order valence-electron chi connectivity index (χ4n) is 2.55. The van der Waals surface area contributed by atoms with Crippen LogP contribution in [0.15, 0.2) is 34.1 Å². The zero-order valence-electron chi connectivity index (χ0n) is 14.8. The van der Waals surface area contributed by atoms with E-state index in [9.17, 15) is 28.3 Å². The van der Waals surface area contributed by atoms with Crippen molar-refractivity contribution < 1.29 is 18.3 Å². The van der Waals surface area contributed by atoms with E-state index in [0.29, 0.717) is 6.42 Å². The molecule has 0 amide bonds. The molecule has 0 aliphatic heterocycles. The maximum atomic E-state index is 12.8. The molecule has 0 aliphatic carbocycles. The van der Waals surface area contributed by atoms with Crippen molar-refractivity contribution >= 4 is 11.9 Å². The number of hydrogen-bond acceptors (Lipinski definition) is 4. The van der Waals surface area contributed by atoms with Crippen molar-refractivity contribution in [2.75, 3.05) is 0 Å². The van der Waals surface area contributed by atoms with E-state index in [2.05, 4.69) is 4.99 Å². The average molecular weight is 377 g/mol. The number of unbranched alkanes of at least 4 members (excludes halogenated alkanes) is 1. The van der Waals surface area contributed by atoms with E-state index in [1.54, 1.807) is 0 Å². The summed E-state index contributed by atoms with van der Waals surface area (Å²) in [6.07, 6.45) is -1.94. The first-order valence-corrected chi connectivity index (χ1v) is 8.28. The van der Waals surface area contributed by atoms with Gasteiger partial charge in [0.15, 0.2) is 0 Å². The van der Waals surface area contributed by atoms with Crippen molar-refractivity contribution in [1.29, 1.82) is 5.26 Å². The van der Waals surface area contributed by atoms with E-state index in [1.165, 1.54) is 25.3 Å². The van der Waals surface area contributed by atoms with Gasteiger partial charge in [-0.25, -0.2) is 0 Å². The molecule has 27 heavy (non-hydrogen) atoms. The van der Waals surface area contributed by atoms with Gasteiger partial charge in [0.1, 0.15) is 11.6 Å². The van der Waals surface area contributed by atoms with Crippen LogP contribution in [0.2, 0.25) is 0 Å². The van der Waals surface area contributed by atoms with E-state index < -0.39 is 17.3 Å². The number of halogens is 3. The molecule has 8 heteroatoms. The Morgan fingerprint density at radius 1 is 1.37 bits per heavy atom. The number of benzene rings is 1. The molecule has 142 valence electrons. The molecule has 0 unspecified atom stereocenters. The molecule has 1 aromatic carbocycles. The quantitative estimate of drug-likeness (QED) is 0.789. The van der Waals surface area contributed by atoms with Gasteiger partial charge in [0, 0.05) is 12.8 Å². The minimum atomic E-state index is -4.50. The minimum absolute atomic E-state index is 0.0356. The first-order valence-electron chi connectivity index (χ1n) is 8.28. The molecule has 0 atom stereocenters. The topological polar surface area (TPSA) is 78.4 Å². The number of alkyl halides is 3. The number of hydrogen-bond donors (Lipinski definition) is 1. The minimum Gasteiger partial charge on any atom is -0.494 e. The highest BCUT2D eigenvalue weighted by atomic mass is 19.4.